The van der Waals surface area contributed by atoms with Crippen molar-refractivity contribution in [3.63, 3.8) is 0 Å². The Balaban J connectivity index is 1.87. The summed E-state index contributed by atoms with van der Waals surface area (Å²) < 4.78 is 2.09. The van der Waals surface area contributed by atoms with E-state index in [4.69, 9.17) is 0 Å². The Morgan fingerprint density at radius 3 is 2.59 bits per heavy atom. The molecule has 2 heterocycles. The third kappa shape index (κ3) is 4.27. The summed E-state index contributed by atoms with van der Waals surface area (Å²) in [5.74, 6) is 0.936. The van der Waals surface area contributed by atoms with E-state index in [1.807, 2.05) is 51.1 Å². The summed E-state index contributed by atoms with van der Waals surface area (Å²) >= 11 is 1.47. The van der Waals surface area contributed by atoms with E-state index in [1.54, 1.807) is 12.4 Å². The molecule has 1 unspecified atom stereocenters. The summed E-state index contributed by atoms with van der Waals surface area (Å²) in [6, 6.07) is 9.85. The van der Waals surface area contributed by atoms with Crippen molar-refractivity contribution in [2.24, 2.45) is 0 Å². The van der Waals surface area contributed by atoms with Crippen LogP contribution < -0.4 is 0 Å². The van der Waals surface area contributed by atoms with Gasteiger partial charge in [-0.25, -0.2) is 0 Å². The molecule has 0 saturated heterocycles. The number of hydrogen-bond acceptors (Lipinski definition) is 5. The van der Waals surface area contributed by atoms with Gasteiger partial charge in [0.05, 0.1) is 5.25 Å². The van der Waals surface area contributed by atoms with Crippen molar-refractivity contribution in [1.82, 2.24) is 19.7 Å². The van der Waals surface area contributed by atoms with Gasteiger partial charge in [0.15, 0.2) is 16.8 Å². The fourth-order valence-corrected chi connectivity index (χ4v) is 3.89. The van der Waals surface area contributed by atoms with Crippen LogP contribution >= 0.6 is 11.8 Å². The summed E-state index contributed by atoms with van der Waals surface area (Å²) in [7, 11) is 0. The molecule has 3 rings (SSSR count). The van der Waals surface area contributed by atoms with Gasteiger partial charge in [-0.3, -0.25) is 9.78 Å². The van der Waals surface area contributed by atoms with E-state index < -0.39 is 0 Å². The van der Waals surface area contributed by atoms with E-state index in [1.165, 1.54) is 11.8 Å². The second-order valence-electron chi connectivity index (χ2n) is 6.64. The highest BCUT2D eigenvalue weighted by Crippen LogP contribution is 2.29. The van der Waals surface area contributed by atoms with E-state index >= 15 is 0 Å². The van der Waals surface area contributed by atoms with Crippen LogP contribution in [0.25, 0.3) is 11.4 Å². The topological polar surface area (TPSA) is 60.7 Å². The Morgan fingerprint density at radius 1 is 1.15 bits per heavy atom. The van der Waals surface area contributed by atoms with Crippen LogP contribution in [0.4, 0.5) is 0 Å². The molecule has 0 aliphatic carbocycles. The maximum absolute atomic E-state index is 13.0. The Hall–Kier alpha value is -2.47. The lowest BCUT2D eigenvalue weighted by atomic mass is 10.0. The van der Waals surface area contributed by atoms with Gasteiger partial charge >= 0.3 is 0 Å². The molecule has 6 heteroatoms. The number of ketones is 1. The molecular weight excluding hydrogens is 356 g/mol. The van der Waals surface area contributed by atoms with Gasteiger partial charge in [-0.2, -0.15) is 0 Å². The van der Waals surface area contributed by atoms with Crippen LogP contribution in [0.2, 0.25) is 0 Å². The fourth-order valence-electron chi connectivity index (χ4n) is 2.95. The summed E-state index contributed by atoms with van der Waals surface area (Å²) in [4.78, 5) is 17.0. The molecule has 0 radical (unpaired) electrons. The van der Waals surface area contributed by atoms with Crippen molar-refractivity contribution < 1.29 is 4.79 Å². The quantitative estimate of drug-likeness (QED) is 0.438. The van der Waals surface area contributed by atoms with Gasteiger partial charge in [-0.1, -0.05) is 36.4 Å². The van der Waals surface area contributed by atoms with E-state index in [0.29, 0.717) is 0 Å². The van der Waals surface area contributed by atoms with E-state index in [-0.39, 0.29) is 11.0 Å². The first-order chi connectivity index (χ1) is 13.0. The molecule has 1 aromatic carbocycles. The van der Waals surface area contributed by atoms with Crippen molar-refractivity contribution in [3.8, 4) is 11.4 Å². The first-order valence-corrected chi connectivity index (χ1v) is 10.0. The molecular formula is C21H24N4OS. The van der Waals surface area contributed by atoms with Gasteiger partial charge in [-0.05, 0) is 51.0 Å². The minimum absolute atomic E-state index is 0.123. The number of carbonyl (C=O) groups excluding carboxylic acids is 1. The number of thioether (sulfide) groups is 1. The third-order valence-electron chi connectivity index (χ3n) is 4.41. The Labute approximate surface area is 164 Å². The summed E-state index contributed by atoms with van der Waals surface area (Å²) in [5, 5.41) is 9.28. The number of benzene rings is 1. The summed E-state index contributed by atoms with van der Waals surface area (Å²) in [6.45, 7) is 8.84. The highest BCUT2D eigenvalue weighted by atomic mass is 32.2. The standard InChI is InChI=1S/C21H24N4OS/c1-5-12-25-20(17-8-10-22-11-9-17)23-24-21(25)27-16(4)19(26)18-13-14(2)6-7-15(18)3/h6-11,13,16H,5,12H2,1-4H3. The zero-order chi connectivity index (χ0) is 19.4. The van der Waals surface area contributed by atoms with Crippen LogP contribution in [0.5, 0.6) is 0 Å². The molecule has 0 N–H and O–H groups in total. The Bertz CT molecular complexity index is 937. The molecule has 1 atom stereocenters. The van der Waals surface area contributed by atoms with Crippen molar-refractivity contribution in [2.75, 3.05) is 0 Å². The average molecular weight is 381 g/mol. The third-order valence-corrected chi connectivity index (χ3v) is 5.49. The highest BCUT2D eigenvalue weighted by molar-refractivity contribution is 8.00. The largest absolute Gasteiger partial charge is 0.302 e. The van der Waals surface area contributed by atoms with Crippen molar-refractivity contribution in [2.45, 2.75) is 51.1 Å². The molecule has 2 aromatic heterocycles. The second-order valence-corrected chi connectivity index (χ2v) is 7.94. The molecule has 0 spiro atoms. The van der Waals surface area contributed by atoms with Gasteiger partial charge in [0.2, 0.25) is 0 Å². The first-order valence-electron chi connectivity index (χ1n) is 9.13. The Morgan fingerprint density at radius 2 is 1.89 bits per heavy atom. The maximum Gasteiger partial charge on any atom is 0.192 e. The average Bonchev–Trinajstić information content (AvgIpc) is 3.06. The van der Waals surface area contributed by atoms with E-state index in [9.17, 15) is 4.79 Å². The van der Waals surface area contributed by atoms with E-state index in [0.717, 1.165) is 46.2 Å². The fraction of sp³-hybridized carbons (Fsp3) is 0.333. The van der Waals surface area contributed by atoms with Gasteiger partial charge < -0.3 is 4.57 Å². The smallest absolute Gasteiger partial charge is 0.192 e. The molecule has 0 aliphatic heterocycles. The molecule has 3 aromatic rings. The predicted octanol–water partition coefficient (Wildman–Crippen LogP) is 4.73. The minimum atomic E-state index is -0.240. The van der Waals surface area contributed by atoms with Gasteiger partial charge in [0, 0.05) is 30.1 Å². The molecule has 5 nitrogen and oxygen atoms in total. The minimum Gasteiger partial charge on any atom is -0.302 e. The number of aromatic nitrogens is 4. The lowest BCUT2D eigenvalue weighted by Gasteiger charge is -2.14. The number of hydrogen-bond donors (Lipinski definition) is 0. The maximum atomic E-state index is 13.0. The van der Waals surface area contributed by atoms with Crippen LogP contribution in [0, 0.1) is 13.8 Å². The molecule has 0 aliphatic rings. The molecule has 140 valence electrons. The van der Waals surface area contributed by atoms with Crippen molar-refractivity contribution in [1.29, 1.82) is 0 Å². The van der Waals surface area contributed by atoms with Crippen molar-refractivity contribution in [3.05, 3.63) is 59.4 Å². The lowest BCUT2D eigenvalue weighted by Crippen LogP contribution is -2.16. The normalized spacial score (nSPS) is 12.1. The summed E-state index contributed by atoms with van der Waals surface area (Å²) in [6.07, 6.45) is 4.46. The molecule has 27 heavy (non-hydrogen) atoms. The highest BCUT2D eigenvalue weighted by Gasteiger charge is 2.22. The zero-order valence-corrected chi connectivity index (χ0v) is 17.0. The molecule has 0 amide bonds. The predicted molar refractivity (Wildman–Crippen MR) is 109 cm³/mol. The first kappa shape index (κ1) is 19.3. The van der Waals surface area contributed by atoms with Crippen LogP contribution in [0.1, 0.15) is 41.8 Å². The zero-order valence-electron chi connectivity index (χ0n) is 16.1. The van der Waals surface area contributed by atoms with E-state index in [2.05, 4.69) is 26.7 Å². The molecule has 0 fully saturated rings. The van der Waals surface area contributed by atoms with Gasteiger partial charge in [0.25, 0.3) is 0 Å². The van der Waals surface area contributed by atoms with Crippen LogP contribution in [0.3, 0.4) is 0 Å². The monoisotopic (exact) mass is 380 g/mol. The molecule has 0 bridgehead atoms. The van der Waals surface area contributed by atoms with Crippen LogP contribution in [-0.4, -0.2) is 30.8 Å². The second kappa shape index (κ2) is 8.48. The van der Waals surface area contributed by atoms with Crippen LogP contribution in [-0.2, 0) is 6.54 Å². The number of aryl methyl sites for hydroxylation is 2. The number of Topliss-reactive ketones (excluding diaryl/α,β-unsaturated/α-hetero) is 1. The van der Waals surface area contributed by atoms with Crippen molar-refractivity contribution >= 4 is 17.5 Å². The lowest BCUT2D eigenvalue weighted by molar-refractivity contribution is 0.0993. The summed E-state index contributed by atoms with van der Waals surface area (Å²) in [5.41, 5.74) is 3.86. The molecule has 0 saturated carbocycles. The SMILES string of the molecule is CCCn1c(SC(C)C(=O)c2cc(C)ccc2C)nnc1-c1ccncc1. The number of pyridine rings is 1. The van der Waals surface area contributed by atoms with Gasteiger partial charge in [0.1, 0.15) is 0 Å². The number of carbonyl (C=O) groups is 1. The Kier molecular flexibility index (Phi) is 6.06. The number of nitrogens with zero attached hydrogens (tertiary/aromatic N) is 4. The number of rotatable bonds is 7. The van der Waals surface area contributed by atoms with Crippen LogP contribution in [0.15, 0.2) is 47.9 Å². The van der Waals surface area contributed by atoms with Gasteiger partial charge in [-0.15, -0.1) is 10.2 Å².